The Bertz CT molecular complexity index is 175. The van der Waals surface area contributed by atoms with E-state index in [2.05, 4.69) is 15.9 Å². The van der Waals surface area contributed by atoms with Gasteiger partial charge in [-0.2, -0.15) is 0 Å². The van der Waals surface area contributed by atoms with Crippen molar-refractivity contribution in [2.75, 3.05) is 19.7 Å². The predicted octanol–water partition coefficient (Wildman–Crippen LogP) is 1.14. The van der Waals surface area contributed by atoms with Crippen molar-refractivity contribution in [3.05, 3.63) is 0 Å². The highest BCUT2D eigenvalue weighted by atomic mass is 79.9. The van der Waals surface area contributed by atoms with Gasteiger partial charge in [0.25, 0.3) is 0 Å². The van der Waals surface area contributed by atoms with E-state index in [1.54, 1.807) is 0 Å². The summed E-state index contributed by atoms with van der Waals surface area (Å²) in [7, 11) is 0. The van der Waals surface area contributed by atoms with Crippen LogP contribution in [-0.4, -0.2) is 40.4 Å². The summed E-state index contributed by atoms with van der Waals surface area (Å²) in [5.74, 6) is 0.186. The first kappa shape index (κ1) is 11.0. The van der Waals surface area contributed by atoms with Crippen LogP contribution in [0.3, 0.4) is 0 Å². The molecule has 1 rings (SSSR count). The van der Waals surface area contributed by atoms with Crippen LogP contribution in [-0.2, 0) is 4.79 Å². The van der Waals surface area contributed by atoms with Gasteiger partial charge in [0, 0.05) is 19.7 Å². The number of rotatable bonds is 3. The zero-order valence-corrected chi connectivity index (χ0v) is 9.29. The standard InChI is InChI=1S/C9H16BrNO2/c10-8-4-1-2-5-11(9(8)13)6-3-7-12/h8,12H,1-7H2. The fourth-order valence-corrected chi connectivity index (χ4v) is 2.15. The maximum atomic E-state index is 11.6. The third-order valence-corrected chi connectivity index (χ3v) is 3.15. The Hall–Kier alpha value is -0.0900. The first-order chi connectivity index (χ1) is 6.25. The Morgan fingerprint density at radius 3 is 3.00 bits per heavy atom. The topological polar surface area (TPSA) is 40.5 Å². The molecule has 0 aliphatic carbocycles. The van der Waals surface area contributed by atoms with E-state index in [-0.39, 0.29) is 17.3 Å². The lowest BCUT2D eigenvalue weighted by Crippen LogP contribution is -2.36. The molecule has 1 atom stereocenters. The summed E-state index contributed by atoms with van der Waals surface area (Å²) in [6, 6.07) is 0. The zero-order valence-electron chi connectivity index (χ0n) is 7.71. The molecule has 1 aliphatic rings. The minimum Gasteiger partial charge on any atom is -0.396 e. The smallest absolute Gasteiger partial charge is 0.236 e. The van der Waals surface area contributed by atoms with Crippen LogP contribution < -0.4 is 0 Å². The average molecular weight is 250 g/mol. The molecule has 0 saturated carbocycles. The third-order valence-electron chi connectivity index (χ3n) is 2.30. The van der Waals surface area contributed by atoms with Crippen LogP contribution in [0.5, 0.6) is 0 Å². The van der Waals surface area contributed by atoms with Gasteiger partial charge in [0.2, 0.25) is 5.91 Å². The van der Waals surface area contributed by atoms with Gasteiger partial charge in [-0.1, -0.05) is 22.4 Å². The minimum atomic E-state index is -0.00584. The van der Waals surface area contributed by atoms with Crippen molar-refractivity contribution in [3.63, 3.8) is 0 Å². The molecule has 0 aromatic carbocycles. The lowest BCUT2D eigenvalue weighted by Gasteiger charge is -2.21. The fraction of sp³-hybridized carbons (Fsp3) is 0.889. The van der Waals surface area contributed by atoms with Crippen LogP contribution in [0.1, 0.15) is 25.7 Å². The summed E-state index contributed by atoms with van der Waals surface area (Å²) in [5.41, 5.74) is 0. The summed E-state index contributed by atoms with van der Waals surface area (Å²) in [6.07, 6.45) is 3.82. The number of amides is 1. The molecule has 1 N–H and O–H groups in total. The molecule has 0 spiro atoms. The molecule has 3 nitrogen and oxygen atoms in total. The molecule has 1 amide bonds. The second-order valence-electron chi connectivity index (χ2n) is 3.37. The van der Waals surface area contributed by atoms with Gasteiger partial charge < -0.3 is 10.0 Å². The van der Waals surface area contributed by atoms with Crippen molar-refractivity contribution in [2.24, 2.45) is 0 Å². The summed E-state index contributed by atoms with van der Waals surface area (Å²) in [5, 5.41) is 8.67. The van der Waals surface area contributed by atoms with Gasteiger partial charge in [0.05, 0.1) is 4.83 Å². The van der Waals surface area contributed by atoms with Crippen molar-refractivity contribution >= 4 is 21.8 Å². The molecule has 1 fully saturated rings. The molecule has 1 heterocycles. The SMILES string of the molecule is O=C1C(Br)CCCCN1CCCO. The van der Waals surface area contributed by atoms with Crippen molar-refractivity contribution in [2.45, 2.75) is 30.5 Å². The minimum absolute atomic E-state index is 0.00584. The number of aliphatic hydroxyl groups excluding tert-OH is 1. The quantitative estimate of drug-likeness (QED) is 0.763. The lowest BCUT2D eigenvalue weighted by atomic mass is 10.2. The molecule has 0 aromatic heterocycles. The van der Waals surface area contributed by atoms with Crippen molar-refractivity contribution in [3.8, 4) is 0 Å². The monoisotopic (exact) mass is 249 g/mol. The van der Waals surface area contributed by atoms with Crippen LogP contribution in [0.15, 0.2) is 0 Å². The van der Waals surface area contributed by atoms with Gasteiger partial charge in [-0.3, -0.25) is 4.79 Å². The van der Waals surface area contributed by atoms with Gasteiger partial charge in [0.1, 0.15) is 0 Å². The van der Waals surface area contributed by atoms with E-state index < -0.39 is 0 Å². The van der Waals surface area contributed by atoms with Gasteiger partial charge >= 0.3 is 0 Å². The molecule has 1 aliphatic heterocycles. The fourth-order valence-electron chi connectivity index (χ4n) is 1.54. The maximum Gasteiger partial charge on any atom is 0.236 e. The highest BCUT2D eigenvalue weighted by Gasteiger charge is 2.23. The van der Waals surface area contributed by atoms with Crippen LogP contribution in [0.2, 0.25) is 0 Å². The highest BCUT2D eigenvalue weighted by molar-refractivity contribution is 9.10. The molecule has 76 valence electrons. The van der Waals surface area contributed by atoms with Crippen LogP contribution in [0, 0.1) is 0 Å². The van der Waals surface area contributed by atoms with E-state index in [4.69, 9.17) is 5.11 Å². The Morgan fingerprint density at radius 1 is 1.54 bits per heavy atom. The van der Waals surface area contributed by atoms with Crippen molar-refractivity contribution < 1.29 is 9.90 Å². The van der Waals surface area contributed by atoms with Gasteiger partial charge in [-0.05, 0) is 19.3 Å². The summed E-state index contributed by atoms with van der Waals surface area (Å²) >= 11 is 3.38. The normalized spacial score (nSPS) is 24.6. The number of likely N-dealkylation sites (tertiary alicyclic amines) is 1. The molecule has 0 bridgehead atoms. The number of hydrogen-bond acceptors (Lipinski definition) is 2. The summed E-state index contributed by atoms with van der Waals surface area (Å²) in [6.45, 7) is 1.70. The van der Waals surface area contributed by atoms with Crippen molar-refractivity contribution in [1.82, 2.24) is 4.90 Å². The molecular formula is C9H16BrNO2. The van der Waals surface area contributed by atoms with E-state index >= 15 is 0 Å². The number of nitrogens with zero attached hydrogens (tertiary/aromatic N) is 1. The molecule has 0 radical (unpaired) electrons. The Kier molecular flexibility index (Phi) is 4.73. The molecule has 1 saturated heterocycles. The number of halogens is 1. The van der Waals surface area contributed by atoms with Crippen LogP contribution in [0.4, 0.5) is 0 Å². The average Bonchev–Trinajstić information content (AvgIpc) is 2.28. The third kappa shape index (κ3) is 3.27. The first-order valence-electron chi connectivity index (χ1n) is 4.79. The second-order valence-corrected chi connectivity index (χ2v) is 4.47. The molecule has 0 aromatic rings. The van der Waals surface area contributed by atoms with E-state index in [9.17, 15) is 4.79 Å². The van der Waals surface area contributed by atoms with E-state index in [0.717, 1.165) is 25.8 Å². The van der Waals surface area contributed by atoms with Crippen LogP contribution in [0.25, 0.3) is 0 Å². The summed E-state index contributed by atoms with van der Waals surface area (Å²) in [4.78, 5) is 13.5. The molecular weight excluding hydrogens is 234 g/mol. The largest absolute Gasteiger partial charge is 0.396 e. The second kappa shape index (κ2) is 5.60. The molecule has 1 unspecified atom stereocenters. The van der Waals surface area contributed by atoms with E-state index in [1.165, 1.54) is 0 Å². The Balaban J connectivity index is 2.44. The lowest BCUT2D eigenvalue weighted by molar-refractivity contribution is -0.130. The predicted molar refractivity (Wildman–Crippen MR) is 54.8 cm³/mol. The van der Waals surface area contributed by atoms with E-state index in [1.807, 2.05) is 4.90 Å². The van der Waals surface area contributed by atoms with Crippen LogP contribution >= 0.6 is 15.9 Å². The molecule has 4 heteroatoms. The van der Waals surface area contributed by atoms with Gasteiger partial charge in [-0.15, -0.1) is 0 Å². The zero-order chi connectivity index (χ0) is 9.68. The number of carbonyl (C=O) groups is 1. The van der Waals surface area contributed by atoms with Gasteiger partial charge in [0.15, 0.2) is 0 Å². The maximum absolute atomic E-state index is 11.6. The number of aliphatic hydroxyl groups is 1. The molecule has 13 heavy (non-hydrogen) atoms. The first-order valence-corrected chi connectivity index (χ1v) is 5.71. The summed E-state index contributed by atoms with van der Waals surface area (Å²) < 4.78 is 0. The Labute approximate surface area is 87.2 Å². The number of alkyl halides is 1. The number of carbonyl (C=O) groups excluding carboxylic acids is 1. The Morgan fingerprint density at radius 2 is 2.31 bits per heavy atom. The van der Waals surface area contributed by atoms with Gasteiger partial charge in [-0.25, -0.2) is 0 Å². The van der Waals surface area contributed by atoms with E-state index in [0.29, 0.717) is 13.0 Å². The number of hydrogen-bond donors (Lipinski definition) is 1. The highest BCUT2D eigenvalue weighted by Crippen LogP contribution is 2.18. The van der Waals surface area contributed by atoms with Crippen molar-refractivity contribution in [1.29, 1.82) is 0 Å².